The second kappa shape index (κ2) is 5.20. The molecule has 3 N–H and O–H groups in total. The summed E-state index contributed by atoms with van der Waals surface area (Å²) < 4.78 is 27.6. The van der Waals surface area contributed by atoms with Crippen molar-refractivity contribution in [3.63, 3.8) is 0 Å². The molecule has 0 unspecified atom stereocenters. The molecule has 0 aliphatic heterocycles. The van der Waals surface area contributed by atoms with Crippen LogP contribution in [0.3, 0.4) is 0 Å². The summed E-state index contributed by atoms with van der Waals surface area (Å²) in [7, 11) is 0. The van der Waals surface area contributed by atoms with Gasteiger partial charge in [-0.2, -0.15) is 5.26 Å². The van der Waals surface area contributed by atoms with Crippen LogP contribution in [0.1, 0.15) is 5.56 Å². The number of benzene rings is 1. The Bertz CT molecular complexity index is 659. The van der Waals surface area contributed by atoms with E-state index in [1.54, 1.807) is 0 Å². The lowest BCUT2D eigenvalue weighted by molar-refractivity contribution is 0.589. The fraction of sp³-hybridized carbons (Fsp3) is 0. The van der Waals surface area contributed by atoms with Crippen molar-refractivity contribution >= 4 is 33.1 Å². The number of rotatable bonds is 2. The molecule has 2 rings (SSSR count). The summed E-state index contributed by atoms with van der Waals surface area (Å²) in [4.78, 5) is 3.85. The first kappa shape index (κ1) is 13.2. The summed E-state index contributed by atoms with van der Waals surface area (Å²) in [5.74, 6) is -1.55. The summed E-state index contributed by atoms with van der Waals surface area (Å²) in [6.07, 6.45) is 1.29. The number of nitrogens with two attached hydrogens (primary N) is 1. The minimum Gasteiger partial charge on any atom is -0.397 e. The third-order valence-electron chi connectivity index (χ3n) is 2.28. The van der Waals surface area contributed by atoms with E-state index in [2.05, 4.69) is 26.2 Å². The van der Waals surface area contributed by atoms with Crippen molar-refractivity contribution in [2.24, 2.45) is 0 Å². The Morgan fingerprint density at radius 3 is 2.47 bits per heavy atom. The summed E-state index contributed by atoms with van der Waals surface area (Å²) in [5.41, 5.74) is 5.49. The zero-order valence-electron chi connectivity index (χ0n) is 9.42. The molecule has 0 radical (unpaired) electrons. The van der Waals surface area contributed by atoms with Crippen molar-refractivity contribution < 1.29 is 8.78 Å². The first-order valence-electron chi connectivity index (χ1n) is 5.08. The molecule has 2 aromatic rings. The number of nitriles is 1. The summed E-state index contributed by atoms with van der Waals surface area (Å²) in [6.45, 7) is 0. The highest BCUT2D eigenvalue weighted by Gasteiger charge is 2.13. The lowest BCUT2D eigenvalue weighted by Crippen LogP contribution is -2.02. The van der Waals surface area contributed by atoms with Gasteiger partial charge in [0.1, 0.15) is 17.6 Å². The van der Waals surface area contributed by atoms with E-state index >= 15 is 0 Å². The van der Waals surface area contributed by atoms with E-state index in [-0.39, 0.29) is 21.5 Å². The average molecular weight is 325 g/mol. The van der Waals surface area contributed by atoms with E-state index in [1.807, 2.05) is 6.07 Å². The van der Waals surface area contributed by atoms with Crippen LogP contribution in [0.5, 0.6) is 0 Å². The molecule has 0 saturated heterocycles. The Morgan fingerprint density at radius 1 is 1.26 bits per heavy atom. The zero-order chi connectivity index (χ0) is 14.0. The molecular weight excluding hydrogens is 318 g/mol. The molecule has 1 aromatic carbocycles. The van der Waals surface area contributed by atoms with Gasteiger partial charge in [0.2, 0.25) is 0 Å². The molecule has 0 bridgehead atoms. The van der Waals surface area contributed by atoms with Gasteiger partial charge >= 0.3 is 0 Å². The molecule has 4 nitrogen and oxygen atoms in total. The zero-order valence-corrected chi connectivity index (χ0v) is 11.0. The second-order valence-electron chi connectivity index (χ2n) is 3.65. The molecular formula is C12H7BrF2N4. The Hall–Kier alpha value is -2.20. The van der Waals surface area contributed by atoms with Gasteiger partial charge in [0.05, 0.1) is 17.4 Å². The largest absolute Gasteiger partial charge is 0.397 e. The van der Waals surface area contributed by atoms with Crippen LogP contribution in [0, 0.1) is 23.0 Å². The van der Waals surface area contributed by atoms with Gasteiger partial charge in [0, 0.05) is 4.47 Å². The molecule has 96 valence electrons. The van der Waals surface area contributed by atoms with E-state index in [4.69, 9.17) is 11.0 Å². The number of aromatic nitrogens is 1. The van der Waals surface area contributed by atoms with Crippen LogP contribution < -0.4 is 11.1 Å². The van der Waals surface area contributed by atoms with E-state index < -0.39 is 11.6 Å². The molecule has 0 spiro atoms. The number of anilines is 3. The van der Waals surface area contributed by atoms with Crippen LogP contribution >= 0.6 is 15.9 Å². The molecule has 7 heteroatoms. The first-order valence-corrected chi connectivity index (χ1v) is 5.87. The molecule has 19 heavy (non-hydrogen) atoms. The third kappa shape index (κ3) is 2.80. The molecule has 0 aliphatic carbocycles. The van der Waals surface area contributed by atoms with Crippen molar-refractivity contribution in [2.75, 3.05) is 11.1 Å². The molecule has 0 atom stereocenters. The minimum atomic E-state index is -0.797. The highest BCUT2D eigenvalue weighted by Crippen LogP contribution is 2.27. The highest BCUT2D eigenvalue weighted by molar-refractivity contribution is 9.10. The number of nitrogens with one attached hydrogen (secondary N) is 1. The predicted molar refractivity (Wildman–Crippen MR) is 70.7 cm³/mol. The SMILES string of the molecule is N#Cc1cc(N)cnc1Nc1c(F)cc(Br)cc1F. The van der Waals surface area contributed by atoms with Crippen LogP contribution in [0.4, 0.5) is 26.0 Å². The predicted octanol–water partition coefficient (Wildman–Crippen LogP) is 3.32. The smallest absolute Gasteiger partial charge is 0.150 e. The third-order valence-corrected chi connectivity index (χ3v) is 2.74. The van der Waals surface area contributed by atoms with Crippen molar-refractivity contribution in [3.05, 3.63) is 46.1 Å². The van der Waals surface area contributed by atoms with Crippen molar-refractivity contribution in [1.82, 2.24) is 4.98 Å². The maximum absolute atomic E-state index is 13.6. The van der Waals surface area contributed by atoms with Gasteiger partial charge < -0.3 is 11.1 Å². The fourth-order valence-electron chi connectivity index (χ4n) is 1.45. The molecule has 0 amide bonds. The second-order valence-corrected chi connectivity index (χ2v) is 4.56. The van der Waals surface area contributed by atoms with Crippen LogP contribution in [0.2, 0.25) is 0 Å². The van der Waals surface area contributed by atoms with E-state index in [0.29, 0.717) is 5.69 Å². The molecule has 0 aliphatic rings. The van der Waals surface area contributed by atoms with Crippen LogP contribution in [0.15, 0.2) is 28.9 Å². The number of nitrogens with zero attached hydrogens (tertiary/aromatic N) is 2. The number of halogens is 3. The first-order chi connectivity index (χ1) is 9.01. The highest BCUT2D eigenvalue weighted by atomic mass is 79.9. The molecule has 0 fully saturated rings. The number of hydrogen-bond acceptors (Lipinski definition) is 4. The normalized spacial score (nSPS) is 10.0. The van der Waals surface area contributed by atoms with Gasteiger partial charge in [-0.3, -0.25) is 0 Å². The van der Waals surface area contributed by atoms with Gasteiger partial charge in [-0.05, 0) is 18.2 Å². The molecule has 1 aromatic heterocycles. The Morgan fingerprint density at radius 2 is 1.89 bits per heavy atom. The summed E-state index contributed by atoms with van der Waals surface area (Å²) in [5, 5.41) is 11.4. The van der Waals surface area contributed by atoms with Crippen molar-refractivity contribution in [2.45, 2.75) is 0 Å². The molecule has 0 saturated carbocycles. The Balaban J connectivity index is 2.45. The number of pyridine rings is 1. The lowest BCUT2D eigenvalue weighted by Gasteiger charge is -2.10. The number of nitrogen functional groups attached to an aromatic ring is 1. The fourth-order valence-corrected chi connectivity index (χ4v) is 1.85. The maximum Gasteiger partial charge on any atom is 0.150 e. The quantitative estimate of drug-likeness (QED) is 0.888. The standard InChI is InChI=1S/C12H7BrF2N4/c13-7-2-9(14)11(10(15)3-7)19-12-6(4-16)1-8(17)5-18-12/h1-3,5H,17H2,(H,18,19). The van der Waals surface area contributed by atoms with Crippen LogP contribution in [-0.2, 0) is 0 Å². The van der Waals surface area contributed by atoms with Crippen molar-refractivity contribution in [3.8, 4) is 6.07 Å². The average Bonchev–Trinajstić information content (AvgIpc) is 2.35. The van der Waals surface area contributed by atoms with Gasteiger partial charge in [0.15, 0.2) is 11.6 Å². The monoisotopic (exact) mass is 324 g/mol. The summed E-state index contributed by atoms with van der Waals surface area (Å²) >= 11 is 2.98. The maximum atomic E-state index is 13.6. The van der Waals surface area contributed by atoms with Gasteiger partial charge in [-0.25, -0.2) is 13.8 Å². The Labute approximate surface area is 116 Å². The minimum absolute atomic E-state index is 0.0387. The Kier molecular flexibility index (Phi) is 3.62. The van der Waals surface area contributed by atoms with E-state index in [0.717, 1.165) is 12.1 Å². The van der Waals surface area contributed by atoms with E-state index in [9.17, 15) is 8.78 Å². The lowest BCUT2D eigenvalue weighted by atomic mass is 10.2. The van der Waals surface area contributed by atoms with Crippen molar-refractivity contribution in [1.29, 1.82) is 5.26 Å². The van der Waals surface area contributed by atoms with Gasteiger partial charge in [-0.1, -0.05) is 15.9 Å². The topological polar surface area (TPSA) is 74.7 Å². The summed E-state index contributed by atoms with van der Waals surface area (Å²) in [6, 6.07) is 5.42. The van der Waals surface area contributed by atoms with Crippen LogP contribution in [-0.4, -0.2) is 4.98 Å². The molecule has 1 heterocycles. The number of hydrogen-bond donors (Lipinski definition) is 2. The van der Waals surface area contributed by atoms with Gasteiger partial charge in [0.25, 0.3) is 0 Å². The van der Waals surface area contributed by atoms with Crippen LogP contribution in [0.25, 0.3) is 0 Å². The van der Waals surface area contributed by atoms with Gasteiger partial charge in [-0.15, -0.1) is 0 Å². The van der Waals surface area contributed by atoms with E-state index in [1.165, 1.54) is 12.3 Å².